The van der Waals surface area contributed by atoms with Crippen molar-refractivity contribution in [2.24, 2.45) is 0 Å². The zero-order valence-electron chi connectivity index (χ0n) is 28.3. The molecule has 1 aliphatic heterocycles. The molecule has 1 aromatic heterocycles. The Hall–Kier alpha value is -6.88. The predicted octanol–water partition coefficient (Wildman–Crippen LogP) is 13.3. The highest BCUT2D eigenvalue weighted by Gasteiger charge is 2.37. The normalized spacial score (nSPS) is 13.0. The number of anilines is 3. The number of para-hydroxylation sites is 4. The van der Waals surface area contributed by atoms with Gasteiger partial charge in [-0.2, -0.15) is 0 Å². The fourth-order valence-electron chi connectivity index (χ4n) is 7.97. The number of hydrogen-bond acceptors (Lipinski definition) is 1. The van der Waals surface area contributed by atoms with Crippen molar-refractivity contribution in [1.29, 1.82) is 0 Å². The minimum absolute atomic E-state index is 0.217. The van der Waals surface area contributed by atoms with Crippen LogP contribution in [0.5, 0.6) is 0 Å². The second-order valence-corrected chi connectivity index (χ2v) is 13.6. The molecule has 7 aromatic carbocycles. The smallest absolute Gasteiger partial charge is 0.211 e. The summed E-state index contributed by atoms with van der Waals surface area (Å²) in [6.45, 7) is 20.5. The van der Waals surface area contributed by atoms with Crippen LogP contribution in [0.3, 0.4) is 0 Å². The summed E-state index contributed by atoms with van der Waals surface area (Å²) in [5.74, 6) is 0. The summed E-state index contributed by atoms with van der Waals surface area (Å²) >= 11 is 0. The van der Waals surface area contributed by atoms with Crippen LogP contribution in [0.2, 0.25) is 0 Å². The Morgan fingerprint density at radius 3 is 2.06 bits per heavy atom. The zero-order chi connectivity index (χ0) is 34.7. The quantitative estimate of drug-likeness (QED) is 0.173. The van der Waals surface area contributed by atoms with Gasteiger partial charge in [-0.05, 0) is 93.4 Å². The third-order valence-electron chi connectivity index (χ3n) is 10.4. The van der Waals surface area contributed by atoms with Crippen molar-refractivity contribution >= 4 is 50.2 Å². The lowest BCUT2D eigenvalue weighted by molar-refractivity contribution is 0.632. The minimum atomic E-state index is -0.217. The van der Waals surface area contributed by atoms with Crippen molar-refractivity contribution in [2.75, 3.05) is 4.90 Å². The van der Waals surface area contributed by atoms with Gasteiger partial charge in [0.05, 0.1) is 41.2 Å². The molecule has 8 aromatic rings. The standard InChI is InChI=1S/C47H32N4/c1-47(2)39-20-9-11-23-44(39)50(35-16-6-5-7-17-35)45-26-24-32(29-40(45)47)31-14-12-15-33(28-31)36-19-13-21-41(49-4)46(36)51-42-22-10-8-18-37(42)38-30-34(48-3)25-27-43(38)51/h5-30H,1-2H3. The summed E-state index contributed by atoms with van der Waals surface area (Å²) < 4.78 is 2.20. The van der Waals surface area contributed by atoms with Gasteiger partial charge in [-0.15, -0.1) is 0 Å². The van der Waals surface area contributed by atoms with Crippen LogP contribution in [-0.4, -0.2) is 4.57 Å². The maximum Gasteiger partial charge on any atom is 0.211 e. The molecule has 0 N–H and O–H groups in total. The Balaban J connectivity index is 1.22. The van der Waals surface area contributed by atoms with E-state index < -0.39 is 0 Å². The van der Waals surface area contributed by atoms with Gasteiger partial charge >= 0.3 is 0 Å². The van der Waals surface area contributed by atoms with E-state index >= 15 is 0 Å². The van der Waals surface area contributed by atoms with Crippen molar-refractivity contribution < 1.29 is 0 Å². The van der Waals surface area contributed by atoms with Crippen molar-refractivity contribution in [3.63, 3.8) is 0 Å². The maximum atomic E-state index is 8.23. The Labute approximate surface area is 297 Å². The molecule has 1 aliphatic rings. The van der Waals surface area contributed by atoms with E-state index in [1.54, 1.807) is 0 Å². The summed E-state index contributed by atoms with van der Waals surface area (Å²) in [4.78, 5) is 10.1. The largest absolute Gasteiger partial charge is 0.318 e. The van der Waals surface area contributed by atoms with E-state index in [0.29, 0.717) is 11.4 Å². The van der Waals surface area contributed by atoms with Crippen molar-refractivity contribution in [2.45, 2.75) is 19.3 Å². The van der Waals surface area contributed by atoms with Crippen molar-refractivity contribution in [3.8, 4) is 27.9 Å². The van der Waals surface area contributed by atoms with E-state index in [0.717, 1.165) is 55.4 Å². The van der Waals surface area contributed by atoms with E-state index in [2.05, 4.69) is 148 Å². The lowest BCUT2D eigenvalue weighted by Gasteiger charge is -2.42. The van der Waals surface area contributed by atoms with Crippen LogP contribution in [0.25, 0.3) is 59.4 Å². The third kappa shape index (κ3) is 4.66. The van der Waals surface area contributed by atoms with Crippen LogP contribution >= 0.6 is 0 Å². The summed E-state index contributed by atoms with van der Waals surface area (Å²) in [5, 5.41) is 2.06. The van der Waals surface area contributed by atoms with Crippen LogP contribution in [0.1, 0.15) is 25.0 Å². The van der Waals surface area contributed by atoms with Crippen molar-refractivity contribution in [3.05, 3.63) is 192 Å². The molecular formula is C47H32N4. The van der Waals surface area contributed by atoms with E-state index in [9.17, 15) is 0 Å². The number of rotatable bonds is 4. The first-order valence-electron chi connectivity index (χ1n) is 17.1. The molecule has 51 heavy (non-hydrogen) atoms. The van der Waals surface area contributed by atoms with Gasteiger partial charge in [0.15, 0.2) is 5.69 Å². The molecule has 0 saturated carbocycles. The summed E-state index contributed by atoms with van der Waals surface area (Å²) in [6.07, 6.45) is 0. The monoisotopic (exact) mass is 652 g/mol. The van der Waals surface area contributed by atoms with Crippen LogP contribution in [-0.2, 0) is 5.41 Å². The molecule has 4 nitrogen and oxygen atoms in total. The fraction of sp³-hybridized carbons (Fsp3) is 0.0638. The molecule has 2 heterocycles. The second-order valence-electron chi connectivity index (χ2n) is 13.6. The minimum Gasteiger partial charge on any atom is -0.318 e. The van der Waals surface area contributed by atoms with Crippen LogP contribution in [0, 0.1) is 13.1 Å². The van der Waals surface area contributed by atoms with E-state index in [1.165, 1.54) is 22.5 Å². The SMILES string of the molecule is [C-]#[N+]c1ccc2c(c1)c1ccccc1n2-c1c([N+]#[C-])cccc1-c1cccc(-c2ccc3c(c2)C(C)(C)c2ccccc2N3c2ccccc2)c1. The van der Waals surface area contributed by atoms with Gasteiger partial charge in [0.2, 0.25) is 5.69 Å². The van der Waals surface area contributed by atoms with Gasteiger partial charge in [0.1, 0.15) is 0 Å². The van der Waals surface area contributed by atoms with E-state index in [-0.39, 0.29) is 5.41 Å². The maximum absolute atomic E-state index is 8.23. The Morgan fingerprint density at radius 2 is 1.22 bits per heavy atom. The van der Waals surface area contributed by atoms with Gasteiger partial charge in [0.25, 0.3) is 0 Å². The Morgan fingerprint density at radius 1 is 0.510 bits per heavy atom. The lowest BCUT2D eigenvalue weighted by Crippen LogP contribution is -2.30. The molecule has 0 amide bonds. The first-order valence-corrected chi connectivity index (χ1v) is 17.1. The molecule has 9 rings (SSSR count). The molecular weight excluding hydrogens is 621 g/mol. The highest BCUT2D eigenvalue weighted by Crippen LogP contribution is 2.52. The van der Waals surface area contributed by atoms with E-state index in [4.69, 9.17) is 13.1 Å². The predicted molar refractivity (Wildman–Crippen MR) is 211 cm³/mol. The number of benzene rings is 7. The molecule has 240 valence electrons. The zero-order valence-corrected chi connectivity index (χ0v) is 28.3. The van der Waals surface area contributed by atoms with Gasteiger partial charge in [0, 0.05) is 16.5 Å². The van der Waals surface area contributed by atoms with E-state index in [1.807, 2.05) is 42.5 Å². The van der Waals surface area contributed by atoms with Crippen molar-refractivity contribution in [1.82, 2.24) is 4.57 Å². The van der Waals surface area contributed by atoms with Gasteiger partial charge in [-0.25, -0.2) is 9.69 Å². The molecule has 0 aliphatic carbocycles. The van der Waals surface area contributed by atoms with Gasteiger partial charge in [-0.1, -0.05) is 117 Å². The van der Waals surface area contributed by atoms with Crippen LogP contribution < -0.4 is 4.90 Å². The summed E-state index contributed by atoms with van der Waals surface area (Å²) in [6, 6.07) is 54.9. The number of nitrogens with zero attached hydrogens (tertiary/aromatic N) is 4. The van der Waals surface area contributed by atoms with Crippen LogP contribution in [0.15, 0.2) is 158 Å². The average Bonchev–Trinajstić information content (AvgIpc) is 3.51. The number of aromatic nitrogens is 1. The highest BCUT2D eigenvalue weighted by atomic mass is 15.2. The Bertz CT molecular complexity index is 2760. The Kier molecular flexibility index (Phi) is 6.88. The number of fused-ring (bicyclic) bond motifs is 5. The average molecular weight is 653 g/mol. The second kappa shape index (κ2) is 11.6. The third-order valence-corrected chi connectivity index (χ3v) is 10.4. The first kappa shape index (κ1) is 30.2. The molecule has 0 spiro atoms. The molecule has 0 fully saturated rings. The highest BCUT2D eigenvalue weighted by molar-refractivity contribution is 6.11. The molecule has 0 unspecified atom stereocenters. The van der Waals surface area contributed by atoms with Gasteiger partial charge < -0.3 is 9.47 Å². The number of hydrogen-bond donors (Lipinski definition) is 0. The molecule has 0 bridgehead atoms. The molecule has 0 saturated heterocycles. The van der Waals surface area contributed by atoms with Gasteiger partial charge in [-0.3, -0.25) is 0 Å². The molecule has 0 radical (unpaired) electrons. The van der Waals surface area contributed by atoms with Crippen LogP contribution in [0.4, 0.5) is 28.4 Å². The summed E-state index contributed by atoms with van der Waals surface area (Å²) in [5.41, 5.74) is 14.1. The molecule has 4 heteroatoms. The summed E-state index contributed by atoms with van der Waals surface area (Å²) in [7, 11) is 0. The lowest BCUT2D eigenvalue weighted by atomic mass is 9.73. The molecule has 0 atom stereocenters. The fourth-order valence-corrected chi connectivity index (χ4v) is 7.97. The first-order chi connectivity index (χ1) is 25.0. The topological polar surface area (TPSA) is 16.9 Å².